The van der Waals surface area contributed by atoms with E-state index in [1.54, 1.807) is 36.1 Å². The number of hydrogen-bond donors (Lipinski definition) is 2. The fraction of sp³-hybridized carbons (Fsp3) is 0.385. The summed E-state index contributed by atoms with van der Waals surface area (Å²) in [5.41, 5.74) is 6.66. The molecule has 0 spiro atoms. The van der Waals surface area contributed by atoms with Gasteiger partial charge < -0.3 is 15.7 Å². The van der Waals surface area contributed by atoms with Crippen molar-refractivity contribution in [3.05, 3.63) is 29.8 Å². The molecule has 1 fully saturated rings. The van der Waals surface area contributed by atoms with Gasteiger partial charge in [-0.05, 0) is 24.6 Å². The maximum Gasteiger partial charge on any atom is 0.227 e. The molecule has 2 amide bonds. The van der Waals surface area contributed by atoms with Crippen LogP contribution in [0.2, 0.25) is 0 Å². The predicted octanol–water partition coefficient (Wildman–Crippen LogP) is 0.578. The van der Waals surface area contributed by atoms with Gasteiger partial charge >= 0.3 is 0 Å². The summed E-state index contributed by atoms with van der Waals surface area (Å²) in [4.78, 5) is 24.5. The minimum Gasteiger partial charge on any atom is -0.389 e. The second-order valence-corrected chi connectivity index (χ2v) is 4.58. The topological polar surface area (TPSA) is 83.6 Å². The highest BCUT2D eigenvalue weighted by Crippen LogP contribution is 2.27. The molecule has 0 aliphatic carbocycles. The molecule has 1 aliphatic rings. The highest BCUT2D eigenvalue weighted by atomic mass is 16.3. The van der Waals surface area contributed by atoms with Crippen LogP contribution in [0, 0.1) is 5.92 Å². The third-order valence-electron chi connectivity index (χ3n) is 3.19. The number of carbonyl (C=O) groups is 2. The van der Waals surface area contributed by atoms with Gasteiger partial charge in [-0.3, -0.25) is 9.59 Å². The number of nitrogens with zero attached hydrogens (tertiary/aromatic N) is 1. The highest BCUT2D eigenvalue weighted by molar-refractivity contribution is 6.00. The monoisotopic (exact) mass is 248 g/mol. The molecular weight excluding hydrogens is 232 g/mol. The Morgan fingerprint density at radius 3 is 2.83 bits per heavy atom. The molecule has 1 aliphatic heterocycles. The molecule has 1 saturated heterocycles. The molecule has 5 nitrogen and oxygen atoms in total. The van der Waals surface area contributed by atoms with E-state index in [4.69, 9.17) is 5.73 Å². The Bertz CT molecular complexity index is 485. The second kappa shape index (κ2) is 4.78. The van der Waals surface area contributed by atoms with Gasteiger partial charge in [0, 0.05) is 18.7 Å². The fourth-order valence-electron chi connectivity index (χ4n) is 2.10. The van der Waals surface area contributed by atoms with Crippen LogP contribution in [0.3, 0.4) is 0 Å². The zero-order valence-corrected chi connectivity index (χ0v) is 10.2. The molecule has 2 unspecified atom stereocenters. The molecule has 1 aromatic rings. The number of anilines is 1. The molecular formula is C13H16N2O3. The maximum absolute atomic E-state index is 11.8. The minimum atomic E-state index is -0.588. The lowest BCUT2D eigenvalue weighted by Gasteiger charge is -2.17. The number of benzene rings is 1. The number of amides is 2. The molecule has 96 valence electrons. The van der Waals surface area contributed by atoms with Crippen LogP contribution in [-0.4, -0.2) is 23.5 Å². The van der Waals surface area contributed by atoms with E-state index in [0.29, 0.717) is 12.2 Å². The Balaban J connectivity index is 2.24. The van der Waals surface area contributed by atoms with Crippen molar-refractivity contribution in [2.75, 3.05) is 11.4 Å². The number of carbonyl (C=O) groups excluding carboxylic acids is 2. The lowest BCUT2D eigenvalue weighted by atomic mass is 10.1. The lowest BCUT2D eigenvalue weighted by molar-refractivity contribution is -0.123. The number of hydrogen-bond acceptors (Lipinski definition) is 3. The Morgan fingerprint density at radius 1 is 1.56 bits per heavy atom. The number of primary amides is 1. The van der Waals surface area contributed by atoms with Crippen molar-refractivity contribution in [1.29, 1.82) is 0 Å². The van der Waals surface area contributed by atoms with Crippen molar-refractivity contribution in [2.24, 2.45) is 11.7 Å². The van der Waals surface area contributed by atoms with E-state index in [1.165, 1.54) is 0 Å². The first kappa shape index (κ1) is 12.6. The molecule has 18 heavy (non-hydrogen) atoms. The molecule has 0 radical (unpaired) electrons. The quantitative estimate of drug-likeness (QED) is 0.820. The fourth-order valence-corrected chi connectivity index (χ4v) is 2.10. The van der Waals surface area contributed by atoms with Crippen molar-refractivity contribution in [1.82, 2.24) is 0 Å². The van der Waals surface area contributed by atoms with E-state index in [-0.39, 0.29) is 12.3 Å². The van der Waals surface area contributed by atoms with Gasteiger partial charge in [0.15, 0.2) is 0 Å². The Kier molecular flexibility index (Phi) is 3.34. The van der Waals surface area contributed by atoms with E-state index in [1.807, 2.05) is 0 Å². The van der Waals surface area contributed by atoms with E-state index in [0.717, 1.165) is 5.56 Å². The molecule has 0 saturated carbocycles. The Morgan fingerprint density at radius 2 is 2.28 bits per heavy atom. The predicted molar refractivity (Wildman–Crippen MR) is 66.7 cm³/mol. The van der Waals surface area contributed by atoms with Crippen LogP contribution in [0.1, 0.15) is 25.0 Å². The summed E-state index contributed by atoms with van der Waals surface area (Å²) < 4.78 is 0. The third-order valence-corrected chi connectivity index (χ3v) is 3.19. The summed E-state index contributed by atoms with van der Waals surface area (Å²) >= 11 is 0. The van der Waals surface area contributed by atoms with Crippen molar-refractivity contribution < 1.29 is 14.7 Å². The van der Waals surface area contributed by atoms with Crippen molar-refractivity contribution >= 4 is 17.5 Å². The van der Waals surface area contributed by atoms with E-state index >= 15 is 0 Å². The van der Waals surface area contributed by atoms with E-state index in [9.17, 15) is 14.7 Å². The van der Waals surface area contributed by atoms with Crippen LogP contribution in [0.25, 0.3) is 0 Å². The number of nitrogens with two attached hydrogens (primary N) is 1. The van der Waals surface area contributed by atoms with Crippen LogP contribution in [0.4, 0.5) is 5.69 Å². The summed E-state index contributed by atoms with van der Waals surface area (Å²) in [6.45, 7) is 1.98. The standard InChI is InChI=1S/C13H16N2O3/c1-8(16)9-3-2-4-11(5-9)15-7-10(13(14)18)6-12(15)17/h2-5,8,10,16H,6-7H2,1H3,(H2,14,18). The SMILES string of the molecule is CC(O)c1cccc(N2CC(C(N)=O)CC2=O)c1. The highest BCUT2D eigenvalue weighted by Gasteiger charge is 2.33. The number of rotatable bonds is 3. The molecule has 2 atom stereocenters. The molecule has 1 aromatic carbocycles. The van der Waals surface area contributed by atoms with Gasteiger partial charge in [-0.15, -0.1) is 0 Å². The van der Waals surface area contributed by atoms with Gasteiger partial charge in [0.2, 0.25) is 11.8 Å². The zero-order valence-electron chi connectivity index (χ0n) is 10.2. The van der Waals surface area contributed by atoms with Gasteiger partial charge in [0.1, 0.15) is 0 Å². The zero-order chi connectivity index (χ0) is 13.3. The molecule has 2 rings (SSSR count). The normalized spacial score (nSPS) is 21.1. The van der Waals surface area contributed by atoms with Gasteiger partial charge in [0.25, 0.3) is 0 Å². The van der Waals surface area contributed by atoms with Crippen LogP contribution in [0.5, 0.6) is 0 Å². The van der Waals surface area contributed by atoms with Crippen LogP contribution < -0.4 is 10.6 Å². The average molecular weight is 248 g/mol. The maximum atomic E-state index is 11.8. The van der Waals surface area contributed by atoms with Crippen molar-refractivity contribution in [3.8, 4) is 0 Å². The Labute approximate surface area is 105 Å². The molecule has 3 N–H and O–H groups in total. The van der Waals surface area contributed by atoms with Crippen LogP contribution in [-0.2, 0) is 9.59 Å². The summed E-state index contributed by atoms with van der Waals surface area (Å²) in [5, 5.41) is 9.52. The lowest BCUT2D eigenvalue weighted by Crippen LogP contribution is -2.28. The second-order valence-electron chi connectivity index (χ2n) is 4.58. The summed E-state index contributed by atoms with van der Waals surface area (Å²) in [6.07, 6.45) is -0.427. The first-order valence-electron chi connectivity index (χ1n) is 5.86. The summed E-state index contributed by atoms with van der Waals surface area (Å²) in [6, 6.07) is 7.11. The molecule has 1 heterocycles. The Hall–Kier alpha value is -1.88. The largest absolute Gasteiger partial charge is 0.389 e. The summed E-state index contributed by atoms with van der Waals surface area (Å²) in [5.74, 6) is -0.980. The number of aliphatic hydroxyl groups excluding tert-OH is 1. The van der Waals surface area contributed by atoms with Gasteiger partial charge in [-0.2, -0.15) is 0 Å². The first-order valence-corrected chi connectivity index (χ1v) is 5.86. The smallest absolute Gasteiger partial charge is 0.227 e. The van der Waals surface area contributed by atoms with Crippen molar-refractivity contribution in [2.45, 2.75) is 19.4 Å². The molecule has 5 heteroatoms. The van der Waals surface area contributed by atoms with E-state index in [2.05, 4.69) is 0 Å². The number of aliphatic hydroxyl groups is 1. The van der Waals surface area contributed by atoms with Crippen molar-refractivity contribution in [3.63, 3.8) is 0 Å². The van der Waals surface area contributed by atoms with Gasteiger partial charge in [-0.1, -0.05) is 12.1 Å². The molecule has 0 bridgehead atoms. The summed E-state index contributed by atoms with van der Waals surface area (Å²) in [7, 11) is 0. The average Bonchev–Trinajstić information content (AvgIpc) is 2.72. The van der Waals surface area contributed by atoms with E-state index < -0.39 is 17.9 Å². The first-order chi connectivity index (χ1) is 8.49. The minimum absolute atomic E-state index is 0.110. The van der Waals surface area contributed by atoms with Crippen LogP contribution >= 0.6 is 0 Å². The molecule has 0 aromatic heterocycles. The third kappa shape index (κ3) is 2.36. The van der Waals surface area contributed by atoms with Gasteiger partial charge in [0.05, 0.1) is 12.0 Å². The van der Waals surface area contributed by atoms with Gasteiger partial charge in [-0.25, -0.2) is 0 Å². The van der Waals surface area contributed by atoms with Crippen LogP contribution in [0.15, 0.2) is 24.3 Å².